The van der Waals surface area contributed by atoms with Crippen LogP contribution in [-0.2, 0) is 16.1 Å². The number of aromatic nitrogens is 2. The fourth-order valence-corrected chi connectivity index (χ4v) is 2.55. The van der Waals surface area contributed by atoms with Crippen molar-refractivity contribution >= 4 is 11.9 Å². The molecule has 7 nitrogen and oxygen atoms in total. The van der Waals surface area contributed by atoms with Crippen molar-refractivity contribution in [1.29, 1.82) is 0 Å². The van der Waals surface area contributed by atoms with Gasteiger partial charge in [-0.15, -0.1) is 0 Å². The second-order valence-electron chi connectivity index (χ2n) is 4.92. The first-order valence-corrected chi connectivity index (χ1v) is 6.88. The average molecular weight is 301 g/mol. The zero-order valence-electron chi connectivity index (χ0n) is 11.8. The minimum Gasteiger partial charge on any atom is -0.491 e. The Balaban J connectivity index is 1.92. The van der Waals surface area contributed by atoms with E-state index in [0.717, 1.165) is 0 Å². The normalized spacial score (nSPS) is 17.3. The number of carboxylic acids is 1. The van der Waals surface area contributed by atoms with E-state index in [1.165, 1.54) is 9.58 Å². The SMILES string of the molecule is O=C(O)C1c2ccccc2OCCN1C(=O)Cn1cccn1. The third kappa shape index (κ3) is 2.65. The van der Waals surface area contributed by atoms with E-state index in [4.69, 9.17) is 4.74 Å². The van der Waals surface area contributed by atoms with Gasteiger partial charge in [0, 0.05) is 18.0 Å². The van der Waals surface area contributed by atoms with Crippen LogP contribution in [0.2, 0.25) is 0 Å². The van der Waals surface area contributed by atoms with Crippen LogP contribution in [0.3, 0.4) is 0 Å². The number of para-hydroxylation sites is 1. The summed E-state index contributed by atoms with van der Waals surface area (Å²) in [5.41, 5.74) is 0.487. The molecule has 0 radical (unpaired) electrons. The van der Waals surface area contributed by atoms with E-state index in [1.807, 2.05) is 0 Å². The Kier molecular flexibility index (Phi) is 3.78. The van der Waals surface area contributed by atoms with Crippen molar-refractivity contribution in [1.82, 2.24) is 14.7 Å². The summed E-state index contributed by atoms with van der Waals surface area (Å²) in [6.45, 7) is 0.469. The van der Waals surface area contributed by atoms with Gasteiger partial charge in [-0.05, 0) is 12.1 Å². The van der Waals surface area contributed by atoms with Gasteiger partial charge in [0.25, 0.3) is 0 Å². The van der Waals surface area contributed by atoms with Gasteiger partial charge in [0.15, 0.2) is 6.04 Å². The van der Waals surface area contributed by atoms with Crippen LogP contribution in [0.4, 0.5) is 0 Å². The molecule has 0 saturated carbocycles. The predicted molar refractivity (Wildman–Crippen MR) is 76.3 cm³/mol. The zero-order valence-corrected chi connectivity index (χ0v) is 11.8. The number of carbonyl (C=O) groups is 2. The van der Waals surface area contributed by atoms with Crippen LogP contribution in [-0.4, -0.2) is 44.8 Å². The molecule has 0 aliphatic carbocycles. The first kappa shape index (κ1) is 14.1. The van der Waals surface area contributed by atoms with Crippen LogP contribution in [0.1, 0.15) is 11.6 Å². The van der Waals surface area contributed by atoms with Crippen LogP contribution < -0.4 is 4.74 Å². The molecule has 2 aromatic rings. The molecule has 1 aromatic carbocycles. The lowest BCUT2D eigenvalue weighted by molar-refractivity contribution is -0.150. The van der Waals surface area contributed by atoms with Crippen molar-refractivity contribution in [3.05, 3.63) is 48.3 Å². The van der Waals surface area contributed by atoms with E-state index in [0.29, 0.717) is 11.3 Å². The van der Waals surface area contributed by atoms with Gasteiger partial charge in [-0.25, -0.2) is 4.79 Å². The highest BCUT2D eigenvalue weighted by atomic mass is 16.5. The van der Waals surface area contributed by atoms with Gasteiger partial charge in [-0.2, -0.15) is 5.10 Å². The van der Waals surface area contributed by atoms with E-state index < -0.39 is 12.0 Å². The molecule has 0 spiro atoms. The smallest absolute Gasteiger partial charge is 0.331 e. The van der Waals surface area contributed by atoms with Crippen molar-refractivity contribution in [2.24, 2.45) is 0 Å². The predicted octanol–water partition coefficient (Wildman–Crippen LogP) is 0.930. The number of hydrogen-bond acceptors (Lipinski definition) is 4. The summed E-state index contributed by atoms with van der Waals surface area (Å²) >= 11 is 0. The fraction of sp³-hybridized carbons (Fsp3) is 0.267. The van der Waals surface area contributed by atoms with Crippen molar-refractivity contribution in [3.8, 4) is 5.75 Å². The Morgan fingerprint density at radius 3 is 2.86 bits per heavy atom. The number of ether oxygens (including phenoxy) is 1. The van der Waals surface area contributed by atoms with Crippen molar-refractivity contribution in [2.45, 2.75) is 12.6 Å². The van der Waals surface area contributed by atoms with Gasteiger partial charge in [0.2, 0.25) is 5.91 Å². The van der Waals surface area contributed by atoms with E-state index in [9.17, 15) is 14.7 Å². The molecule has 22 heavy (non-hydrogen) atoms. The molecule has 1 aliphatic rings. The highest BCUT2D eigenvalue weighted by Crippen LogP contribution is 2.32. The molecular weight excluding hydrogens is 286 g/mol. The molecular formula is C15H15N3O4. The second kappa shape index (κ2) is 5.88. The molecule has 2 heterocycles. The van der Waals surface area contributed by atoms with E-state index in [1.54, 1.807) is 42.7 Å². The Labute approximate surface area is 126 Å². The number of amides is 1. The quantitative estimate of drug-likeness (QED) is 0.911. The molecule has 1 aliphatic heterocycles. The molecule has 114 valence electrons. The number of aliphatic carboxylic acids is 1. The first-order chi connectivity index (χ1) is 10.7. The second-order valence-corrected chi connectivity index (χ2v) is 4.92. The molecule has 1 atom stereocenters. The van der Waals surface area contributed by atoms with Crippen molar-refractivity contribution < 1.29 is 19.4 Å². The summed E-state index contributed by atoms with van der Waals surface area (Å²) in [5.74, 6) is -0.882. The third-order valence-corrected chi connectivity index (χ3v) is 3.53. The highest BCUT2D eigenvalue weighted by molar-refractivity contribution is 5.85. The number of fused-ring (bicyclic) bond motifs is 1. The van der Waals surface area contributed by atoms with Gasteiger partial charge in [-0.1, -0.05) is 18.2 Å². The lowest BCUT2D eigenvalue weighted by Crippen LogP contribution is -2.41. The maximum Gasteiger partial charge on any atom is 0.331 e. The summed E-state index contributed by atoms with van der Waals surface area (Å²) in [7, 11) is 0. The molecule has 0 fully saturated rings. The largest absolute Gasteiger partial charge is 0.491 e. The van der Waals surface area contributed by atoms with Gasteiger partial charge in [0.1, 0.15) is 18.9 Å². The standard InChI is InChI=1S/C15H15N3O4/c19-13(10-17-7-3-6-16-17)18-8-9-22-12-5-2-1-4-11(12)14(18)15(20)21/h1-7,14H,8-10H2,(H,20,21). The molecule has 0 saturated heterocycles. The monoisotopic (exact) mass is 301 g/mol. The van der Waals surface area contributed by atoms with Crippen LogP contribution in [0.15, 0.2) is 42.7 Å². The van der Waals surface area contributed by atoms with Crippen LogP contribution in [0, 0.1) is 0 Å². The third-order valence-electron chi connectivity index (χ3n) is 3.53. The molecule has 3 rings (SSSR count). The average Bonchev–Trinajstić information content (AvgIpc) is 2.91. The summed E-state index contributed by atoms with van der Waals surface area (Å²) in [4.78, 5) is 25.5. The Morgan fingerprint density at radius 2 is 2.14 bits per heavy atom. The number of carbonyl (C=O) groups excluding carboxylic acids is 1. The minimum absolute atomic E-state index is 0.00104. The van der Waals surface area contributed by atoms with E-state index in [2.05, 4.69) is 5.10 Å². The van der Waals surface area contributed by atoms with Crippen molar-refractivity contribution in [3.63, 3.8) is 0 Å². The maximum absolute atomic E-state index is 12.5. The van der Waals surface area contributed by atoms with E-state index in [-0.39, 0.29) is 25.6 Å². The molecule has 1 aromatic heterocycles. The molecule has 1 amide bonds. The van der Waals surface area contributed by atoms with Crippen LogP contribution in [0.5, 0.6) is 5.75 Å². The fourth-order valence-electron chi connectivity index (χ4n) is 2.55. The number of nitrogens with zero attached hydrogens (tertiary/aromatic N) is 3. The first-order valence-electron chi connectivity index (χ1n) is 6.88. The number of rotatable bonds is 3. The molecule has 1 unspecified atom stereocenters. The topological polar surface area (TPSA) is 84.7 Å². The Hall–Kier alpha value is -2.83. The number of benzene rings is 1. The molecule has 1 N–H and O–H groups in total. The highest BCUT2D eigenvalue weighted by Gasteiger charge is 2.35. The Morgan fingerprint density at radius 1 is 1.32 bits per heavy atom. The summed E-state index contributed by atoms with van der Waals surface area (Å²) in [5, 5.41) is 13.6. The number of carboxylic acid groups (broad SMARTS) is 1. The van der Waals surface area contributed by atoms with Gasteiger partial charge >= 0.3 is 5.97 Å². The lowest BCUT2D eigenvalue weighted by atomic mass is 10.0. The summed E-state index contributed by atoms with van der Waals surface area (Å²) in [6, 6.07) is 7.56. The lowest BCUT2D eigenvalue weighted by Gasteiger charge is -2.26. The Bertz CT molecular complexity index is 684. The van der Waals surface area contributed by atoms with Crippen molar-refractivity contribution in [2.75, 3.05) is 13.2 Å². The number of hydrogen-bond donors (Lipinski definition) is 1. The zero-order chi connectivity index (χ0) is 15.5. The van der Waals surface area contributed by atoms with Gasteiger partial charge in [0.05, 0.1) is 6.54 Å². The van der Waals surface area contributed by atoms with Gasteiger partial charge in [-0.3, -0.25) is 9.48 Å². The molecule has 7 heteroatoms. The summed E-state index contributed by atoms with van der Waals surface area (Å²) in [6.07, 6.45) is 3.23. The van der Waals surface area contributed by atoms with Crippen LogP contribution in [0.25, 0.3) is 0 Å². The van der Waals surface area contributed by atoms with E-state index >= 15 is 0 Å². The summed E-state index contributed by atoms with van der Waals surface area (Å²) < 4.78 is 7.04. The van der Waals surface area contributed by atoms with Crippen LogP contribution >= 0.6 is 0 Å². The minimum atomic E-state index is -1.08. The molecule has 0 bridgehead atoms. The van der Waals surface area contributed by atoms with Gasteiger partial charge < -0.3 is 14.7 Å². The maximum atomic E-state index is 12.5.